The fraction of sp³-hybridized carbons (Fsp3) is 0.688. The van der Waals surface area contributed by atoms with Crippen molar-refractivity contribution in [2.75, 3.05) is 20.1 Å². The van der Waals surface area contributed by atoms with Crippen LogP contribution in [0.3, 0.4) is 0 Å². The molecule has 1 aromatic heterocycles. The van der Waals surface area contributed by atoms with Crippen LogP contribution in [0.5, 0.6) is 0 Å². The van der Waals surface area contributed by atoms with Crippen molar-refractivity contribution in [1.82, 2.24) is 20.0 Å². The van der Waals surface area contributed by atoms with E-state index in [0.717, 1.165) is 5.69 Å². The molecule has 2 rings (SSSR count). The Labute approximate surface area is 131 Å². The summed E-state index contributed by atoms with van der Waals surface area (Å²) >= 11 is 0. The zero-order valence-corrected chi connectivity index (χ0v) is 14.1. The summed E-state index contributed by atoms with van der Waals surface area (Å²) in [6.45, 7) is 9.38. The maximum atomic E-state index is 12.6. The van der Waals surface area contributed by atoms with Crippen molar-refractivity contribution in [3.05, 3.63) is 17.5 Å². The van der Waals surface area contributed by atoms with Crippen LogP contribution in [0.1, 0.15) is 49.8 Å². The molecule has 0 bridgehead atoms. The van der Waals surface area contributed by atoms with Gasteiger partial charge in [0.05, 0.1) is 5.54 Å². The summed E-state index contributed by atoms with van der Waals surface area (Å²) in [5.41, 5.74) is 1.33. The van der Waals surface area contributed by atoms with E-state index in [2.05, 4.69) is 31.2 Å². The Morgan fingerprint density at radius 2 is 1.86 bits per heavy atom. The van der Waals surface area contributed by atoms with Crippen molar-refractivity contribution < 1.29 is 9.59 Å². The van der Waals surface area contributed by atoms with E-state index in [-0.39, 0.29) is 23.3 Å². The van der Waals surface area contributed by atoms with Crippen LogP contribution in [0, 0.1) is 12.8 Å². The molecule has 1 aliphatic rings. The number of hydrogen-bond donors (Lipinski definition) is 1. The lowest BCUT2D eigenvalue weighted by molar-refractivity contribution is -0.125. The quantitative estimate of drug-likeness (QED) is 0.901. The van der Waals surface area contributed by atoms with Crippen LogP contribution in [0.2, 0.25) is 0 Å². The van der Waals surface area contributed by atoms with E-state index in [1.54, 1.807) is 11.9 Å². The Balaban J connectivity index is 2.06. The Morgan fingerprint density at radius 3 is 2.32 bits per heavy atom. The Morgan fingerprint density at radius 1 is 1.27 bits per heavy atom. The fourth-order valence-electron chi connectivity index (χ4n) is 2.97. The minimum Gasteiger partial charge on any atom is -0.359 e. The molecule has 0 atom stereocenters. The van der Waals surface area contributed by atoms with Crippen molar-refractivity contribution in [1.29, 1.82) is 0 Å². The highest BCUT2D eigenvalue weighted by molar-refractivity contribution is 5.92. The number of nitrogens with one attached hydrogen (secondary N) is 1. The molecule has 1 aliphatic heterocycles. The van der Waals surface area contributed by atoms with E-state index >= 15 is 0 Å². The number of aryl methyl sites for hydroxylation is 1. The standard InChI is InChI=1S/C16H26N4O2/c1-11-10-13(18-20(11)16(2,3)4)15(22)19-8-6-12(7-9-19)14(21)17-5/h10,12H,6-9H2,1-5H3,(H,17,21). The number of rotatable bonds is 2. The molecule has 1 aromatic rings. The number of carbonyl (C=O) groups is 2. The number of amides is 2. The van der Waals surface area contributed by atoms with Gasteiger partial charge in [-0.1, -0.05) is 0 Å². The molecule has 0 spiro atoms. The maximum absolute atomic E-state index is 12.6. The van der Waals surface area contributed by atoms with Crippen molar-refractivity contribution in [2.45, 2.75) is 46.1 Å². The molecular formula is C16H26N4O2. The SMILES string of the molecule is CNC(=O)C1CCN(C(=O)c2cc(C)n(C(C)(C)C)n2)CC1. The first-order valence-corrected chi connectivity index (χ1v) is 7.82. The first-order chi connectivity index (χ1) is 10.2. The van der Waals surface area contributed by atoms with Gasteiger partial charge in [0.15, 0.2) is 5.69 Å². The molecule has 0 radical (unpaired) electrons. The van der Waals surface area contributed by atoms with Gasteiger partial charge in [-0.15, -0.1) is 0 Å². The third kappa shape index (κ3) is 3.31. The van der Waals surface area contributed by atoms with Crippen molar-refractivity contribution >= 4 is 11.8 Å². The molecule has 6 heteroatoms. The number of piperidine rings is 1. The molecule has 2 amide bonds. The van der Waals surface area contributed by atoms with Gasteiger partial charge in [-0.25, -0.2) is 0 Å². The van der Waals surface area contributed by atoms with Gasteiger partial charge in [0.25, 0.3) is 5.91 Å². The molecule has 6 nitrogen and oxygen atoms in total. The van der Waals surface area contributed by atoms with Gasteiger partial charge < -0.3 is 10.2 Å². The van der Waals surface area contributed by atoms with Crippen LogP contribution < -0.4 is 5.32 Å². The van der Waals surface area contributed by atoms with Gasteiger partial charge in [-0.3, -0.25) is 14.3 Å². The molecule has 2 heterocycles. The lowest BCUT2D eigenvalue weighted by atomic mass is 9.96. The van der Waals surface area contributed by atoms with Crippen LogP contribution in [0.15, 0.2) is 6.07 Å². The molecule has 22 heavy (non-hydrogen) atoms. The van der Waals surface area contributed by atoms with Crippen molar-refractivity contribution in [3.63, 3.8) is 0 Å². The lowest BCUT2D eigenvalue weighted by Crippen LogP contribution is -2.42. The third-order valence-corrected chi connectivity index (χ3v) is 4.14. The van der Waals surface area contributed by atoms with Gasteiger partial charge in [0, 0.05) is 31.7 Å². The Hall–Kier alpha value is -1.85. The van der Waals surface area contributed by atoms with Gasteiger partial charge in [0.1, 0.15) is 0 Å². The van der Waals surface area contributed by atoms with Crippen molar-refractivity contribution in [2.24, 2.45) is 5.92 Å². The predicted molar refractivity (Wildman–Crippen MR) is 84.7 cm³/mol. The topological polar surface area (TPSA) is 67.2 Å². The van der Waals surface area contributed by atoms with Crippen LogP contribution in [0.25, 0.3) is 0 Å². The Bertz CT molecular complexity index is 563. The van der Waals surface area contributed by atoms with E-state index in [4.69, 9.17) is 0 Å². The van der Waals surface area contributed by atoms with Gasteiger partial charge in [-0.05, 0) is 46.6 Å². The number of likely N-dealkylation sites (tertiary alicyclic amines) is 1. The van der Waals surface area contributed by atoms with E-state index < -0.39 is 0 Å². The molecule has 122 valence electrons. The summed E-state index contributed by atoms with van der Waals surface area (Å²) in [5, 5.41) is 7.15. The fourth-order valence-corrected chi connectivity index (χ4v) is 2.97. The summed E-state index contributed by atoms with van der Waals surface area (Å²) in [4.78, 5) is 26.0. The lowest BCUT2D eigenvalue weighted by Gasteiger charge is -2.30. The van der Waals surface area contributed by atoms with Crippen LogP contribution >= 0.6 is 0 Å². The summed E-state index contributed by atoms with van der Waals surface area (Å²) in [6, 6.07) is 1.85. The van der Waals surface area contributed by atoms with Crippen LogP contribution in [0.4, 0.5) is 0 Å². The second kappa shape index (κ2) is 6.10. The molecule has 1 saturated heterocycles. The number of nitrogens with zero attached hydrogens (tertiary/aromatic N) is 3. The zero-order valence-electron chi connectivity index (χ0n) is 14.1. The van der Waals surface area contributed by atoms with Gasteiger partial charge >= 0.3 is 0 Å². The molecule has 0 unspecified atom stereocenters. The first kappa shape index (κ1) is 16.5. The largest absolute Gasteiger partial charge is 0.359 e. The summed E-state index contributed by atoms with van der Waals surface area (Å²) in [6.07, 6.45) is 1.43. The summed E-state index contributed by atoms with van der Waals surface area (Å²) in [5.74, 6) is 0.0457. The van der Waals surface area contributed by atoms with Crippen LogP contribution in [-0.4, -0.2) is 46.6 Å². The number of aromatic nitrogens is 2. The molecule has 1 fully saturated rings. The van der Waals surface area contributed by atoms with Gasteiger partial charge in [0.2, 0.25) is 5.91 Å². The smallest absolute Gasteiger partial charge is 0.274 e. The van der Waals surface area contributed by atoms with E-state index in [0.29, 0.717) is 31.6 Å². The second-order valence-corrected chi connectivity index (χ2v) is 6.93. The number of hydrogen-bond acceptors (Lipinski definition) is 3. The highest BCUT2D eigenvalue weighted by Gasteiger charge is 2.29. The molecule has 0 aromatic carbocycles. The van der Waals surface area contributed by atoms with Crippen molar-refractivity contribution in [3.8, 4) is 0 Å². The molecule has 0 saturated carbocycles. The predicted octanol–water partition coefficient (Wildman–Crippen LogP) is 1.54. The highest BCUT2D eigenvalue weighted by Crippen LogP contribution is 2.21. The molecule has 0 aliphatic carbocycles. The average molecular weight is 306 g/mol. The summed E-state index contributed by atoms with van der Waals surface area (Å²) in [7, 11) is 1.65. The van der Waals surface area contributed by atoms with E-state index in [9.17, 15) is 9.59 Å². The molecule has 1 N–H and O–H groups in total. The zero-order chi connectivity index (χ0) is 16.5. The van der Waals surface area contributed by atoms with E-state index in [1.807, 2.05) is 17.7 Å². The maximum Gasteiger partial charge on any atom is 0.274 e. The monoisotopic (exact) mass is 306 g/mol. The normalized spacial score (nSPS) is 16.7. The summed E-state index contributed by atoms with van der Waals surface area (Å²) < 4.78 is 1.89. The van der Waals surface area contributed by atoms with E-state index in [1.165, 1.54) is 0 Å². The first-order valence-electron chi connectivity index (χ1n) is 7.82. The average Bonchev–Trinajstić information content (AvgIpc) is 2.88. The van der Waals surface area contributed by atoms with Gasteiger partial charge in [-0.2, -0.15) is 5.10 Å². The second-order valence-electron chi connectivity index (χ2n) is 6.93. The number of carbonyl (C=O) groups excluding carboxylic acids is 2. The highest BCUT2D eigenvalue weighted by atomic mass is 16.2. The van der Waals surface area contributed by atoms with Crippen LogP contribution in [-0.2, 0) is 10.3 Å². The Kier molecular flexibility index (Phi) is 4.58. The third-order valence-electron chi connectivity index (χ3n) is 4.14. The minimum atomic E-state index is -0.144. The molecular weight excluding hydrogens is 280 g/mol. The minimum absolute atomic E-state index is 0.0166.